The van der Waals surface area contributed by atoms with Crippen molar-refractivity contribution in [3.05, 3.63) is 52.2 Å². The number of thiazole rings is 1. The second-order valence-electron chi connectivity index (χ2n) is 6.93. The van der Waals surface area contributed by atoms with E-state index in [1.807, 2.05) is 18.2 Å². The van der Waals surface area contributed by atoms with Gasteiger partial charge >= 0.3 is 6.09 Å². The van der Waals surface area contributed by atoms with Gasteiger partial charge in [0.1, 0.15) is 5.82 Å². The van der Waals surface area contributed by atoms with E-state index in [0.717, 1.165) is 30.6 Å². The lowest BCUT2D eigenvalue weighted by Gasteiger charge is -2.32. The number of fused-ring (bicyclic) bond motifs is 1. The summed E-state index contributed by atoms with van der Waals surface area (Å²) >= 11 is 7.61. The van der Waals surface area contributed by atoms with Crippen molar-refractivity contribution in [2.24, 2.45) is 0 Å². The van der Waals surface area contributed by atoms with E-state index in [2.05, 4.69) is 15.2 Å². The topological polar surface area (TPSA) is 65.5 Å². The first-order chi connectivity index (χ1) is 13.5. The van der Waals surface area contributed by atoms with E-state index in [1.165, 1.54) is 11.3 Å². The number of hydrogen-bond acceptors (Lipinski definition) is 4. The summed E-state index contributed by atoms with van der Waals surface area (Å²) in [5, 5.41) is 11.9. The summed E-state index contributed by atoms with van der Waals surface area (Å²) in [6.45, 7) is 1.92. The van der Waals surface area contributed by atoms with Crippen LogP contribution < -0.4 is 5.32 Å². The van der Waals surface area contributed by atoms with Crippen molar-refractivity contribution < 1.29 is 14.3 Å². The molecule has 0 spiro atoms. The van der Waals surface area contributed by atoms with Crippen LogP contribution in [-0.2, 0) is 6.54 Å². The van der Waals surface area contributed by atoms with Crippen LogP contribution in [0.5, 0.6) is 0 Å². The highest BCUT2D eigenvalue weighted by molar-refractivity contribution is 7.16. The summed E-state index contributed by atoms with van der Waals surface area (Å²) in [5.41, 5.74) is 4.20. The molecular weight excluding hydrogens is 401 g/mol. The highest BCUT2D eigenvalue weighted by Crippen LogP contribution is 2.36. The van der Waals surface area contributed by atoms with Crippen LogP contribution in [0, 0.1) is 5.82 Å². The molecule has 0 radical (unpaired) electrons. The first-order valence-corrected chi connectivity index (χ1v) is 10.3. The zero-order chi connectivity index (χ0) is 19.7. The summed E-state index contributed by atoms with van der Waals surface area (Å²) in [4.78, 5) is 17.3. The van der Waals surface area contributed by atoms with Crippen molar-refractivity contribution in [1.82, 2.24) is 15.2 Å². The molecule has 0 atom stereocenters. The Morgan fingerprint density at radius 3 is 2.86 bits per heavy atom. The van der Waals surface area contributed by atoms with Crippen LogP contribution in [0.15, 0.2) is 35.8 Å². The third-order valence-electron chi connectivity index (χ3n) is 5.06. The van der Waals surface area contributed by atoms with Gasteiger partial charge in [-0.15, -0.1) is 11.3 Å². The Bertz CT molecular complexity index is 1020. The van der Waals surface area contributed by atoms with Gasteiger partial charge in [-0.2, -0.15) is 0 Å². The SMILES string of the molecule is O=C(O)NC1CCN(Cc2cc3scnc3c(-c3cccc(Cl)c3)c2F)CC1. The molecule has 1 aliphatic heterocycles. The molecular formula is C20H19ClFN3O2S. The van der Waals surface area contributed by atoms with E-state index in [0.29, 0.717) is 33.8 Å². The molecule has 2 N–H and O–H groups in total. The molecule has 2 aromatic carbocycles. The van der Waals surface area contributed by atoms with Crippen LogP contribution in [0.25, 0.3) is 21.3 Å². The normalized spacial score (nSPS) is 15.8. The Labute approximate surface area is 170 Å². The number of nitrogens with zero attached hydrogens (tertiary/aromatic N) is 2. The molecule has 1 aromatic heterocycles. The molecule has 28 heavy (non-hydrogen) atoms. The Hall–Kier alpha value is -2.22. The largest absolute Gasteiger partial charge is 0.465 e. The van der Waals surface area contributed by atoms with Crippen molar-refractivity contribution in [3.63, 3.8) is 0 Å². The Morgan fingerprint density at radius 2 is 2.14 bits per heavy atom. The van der Waals surface area contributed by atoms with Gasteiger partial charge in [0.15, 0.2) is 0 Å². The molecule has 1 saturated heterocycles. The summed E-state index contributed by atoms with van der Waals surface area (Å²) < 4.78 is 16.4. The van der Waals surface area contributed by atoms with Crippen molar-refractivity contribution in [2.75, 3.05) is 13.1 Å². The number of hydrogen-bond donors (Lipinski definition) is 2. The number of rotatable bonds is 4. The molecule has 1 amide bonds. The van der Waals surface area contributed by atoms with Crippen molar-refractivity contribution in [3.8, 4) is 11.1 Å². The zero-order valence-corrected chi connectivity index (χ0v) is 16.6. The second kappa shape index (κ2) is 8.03. The third-order valence-corrected chi connectivity index (χ3v) is 6.07. The van der Waals surface area contributed by atoms with Crippen LogP contribution in [0.2, 0.25) is 5.02 Å². The van der Waals surface area contributed by atoms with Gasteiger partial charge in [0.2, 0.25) is 0 Å². The average Bonchev–Trinajstić information content (AvgIpc) is 3.11. The van der Waals surface area contributed by atoms with Gasteiger partial charge in [-0.05, 0) is 36.6 Å². The molecule has 0 saturated carbocycles. The van der Waals surface area contributed by atoms with Gasteiger partial charge in [0.05, 0.1) is 15.7 Å². The maximum atomic E-state index is 15.5. The first kappa shape index (κ1) is 19.1. The molecule has 5 nitrogen and oxygen atoms in total. The van der Waals surface area contributed by atoms with Crippen molar-refractivity contribution in [1.29, 1.82) is 0 Å². The summed E-state index contributed by atoms with van der Waals surface area (Å²) in [5.74, 6) is -0.272. The minimum Gasteiger partial charge on any atom is -0.465 e. The number of likely N-dealkylation sites (tertiary alicyclic amines) is 1. The smallest absolute Gasteiger partial charge is 0.404 e. The molecule has 2 heterocycles. The second-order valence-corrected chi connectivity index (χ2v) is 8.26. The fraction of sp³-hybridized carbons (Fsp3) is 0.300. The molecule has 0 aliphatic carbocycles. The highest BCUT2D eigenvalue weighted by Gasteiger charge is 2.23. The Morgan fingerprint density at radius 1 is 1.36 bits per heavy atom. The minimum atomic E-state index is -0.994. The van der Waals surface area contributed by atoms with Crippen LogP contribution >= 0.6 is 22.9 Å². The number of benzene rings is 2. The molecule has 8 heteroatoms. The molecule has 1 aliphatic rings. The van der Waals surface area contributed by atoms with E-state index >= 15 is 4.39 Å². The maximum Gasteiger partial charge on any atom is 0.404 e. The summed E-state index contributed by atoms with van der Waals surface area (Å²) in [6.07, 6.45) is 0.446. The molecule has 0 unspecified atom stereocenters. The summed E-state index contributed by atoms with van der Waals surface area (Å²) in [6, 6.07) is 9.01. The number of amides is 1. The average molecular weight is 420 g/mol. The standard InChI is InChI=1S/C20H19ClFN3O2S/c21-14-3-1-2-12(8-14)17-18(22)13(9-16-19(17)23-11-28-16)10-25-6-4-15(5-7-25)24-20(26)27/h1-3,8-9,11,15,24H,4-7,10H2,(H,26,27). The number of carbonyl (C=O) groups is 1. The van der Waals surface area contributed by atoms with Gasteiger partial charge in [-0.25, -0.2) is 14.2 Å². The molecule has 0 bridgehead atoms. The number of nitrogens with one attached hydrogen (secondary N) is 1. The van der Waals surface area contributed by atoms with E-state index < -0.39 is 6.09 Å². The monoisotopic (exact) mass is 419 g/mol. The third kappa shape index (κ3) is 3.97. The van der Waals surface area contributed by atoms with Gasteiger partial charge in [-0.1, -0.05) is 23.7 Å². The van der Waals surface area contributed by atoms with Crippen molar-refractivity contribution >= 4 is 39.2 Å². The van der Waals surface area contributed by atoms with E-state index in [4.69, 9.17) is 16.7 Å². The quantitative estimate of drug-likeness (QED) is 0.625. The van der Waals surface area contributed by atoms with Crippen LogP contribution in [0.1, 0.15) is 18.4 Å². The molecule has 146 valence electrons. The highest BCUT2D eigenvalue weighted by atomic mass is 35.5. The predicted molar refractivity (Wildman–Crippen MR) is 109 cm³/mol. The Balaban J connectivity index is 1.62. The summed E-state index contributed by atoms with van der Waals surface area (Å²) in [7, 11) is 0. The number of piperidine rings is 1. The van der Waals surface area contributed by atoms with Gasteiger partial charge < -0.3 is 10.4 Å². The molecule has 1 fully saturated rings. The lowest BCUT2D eigenvalue weighted by Crippen LogP contribution is -2.43. The number of aromatic nitrogens is 1. The Kier molecular flexibility index (Phi) is 5.48. The fourth-order valence-electron chi connectivity index (χ4n) is 3.70. The van der Waals surface area contributed by atoms with Crippen molar-refractivity contribution in [2.45, 2.75) is 25.4 Å². The molecule has 3 aromatic rings. The van der Waals surface area contributed by atoms with Gasteiger partial charge in [-0.3, -0.25) is 4.90 Å². The van der Waals surface area contributed by atoms with Gasteiger partial charge in [0.25, 0.3) is 0 Å². The number of carboxylic acid groups (broad SMARTS) is 1. The lowest BCUT2D eigenvalue weighted by molar-refractivity contribution is 0.164. The minimum absolute atomic E-state index is 0.0374. The van der Waals surface area contributed by atoms with Crippen LogP contribution in [0.3, 0.4) is 0 Å². The number of halogens is 2. The maximum absolute atomic E-state index is 15.5. The van der Waals surface area contributed by atoms with Crippen LogP contribution in [0.4, 0.5) is 9.18 Å². The zero-order valence-electron chi connectivity index (χ0n) is 15.0. The lowest BCUT2D eigenvalue weighted by atomic mass is 9.99. The predicted octanol–water partition coefficient (Wildman–Crippen LogP) is 4.99. The van der Waals surface area contributed by atoms with E-state index in [-0.39, 0.29) is 11.9 Å². The fourth-order valence-corrected chi connectivity index (χ4v) is 4.64. The molecule has 4 rings (SSSR count). The first-order valence-electron chi connectivity index (χ1n) is 9.03. The van der Waals surface area contributed by atoms with Gasteiger partial charge in [0, 0.05) is 41.8 Å². The van der Waals surface area contributed by atoms with E-state index in [1.54, 1.807) is 17.6 Å². The van der Waals surface area contributed by atoms with E-state index in [9.17, 15) is 4.79 Å². The van der Waals surface area contributed by atoms with Crippen LogP contribution in [-0.4, -0.2) is 40.2 Å².